The average molecular weight is 324 g/mol. The second-order valence-corrected chi connectivity index (χ2v) is 3.04. The monoisotopic (exact) mass is 324 g/mol. The van der Waals surface area contributed by atoms with E-state index >= 15 is 0 Å². The molecule has 0 aliphatic rings. The molecule has 0 amide bonds. The van der Waals surface area contributed by atoms with Crippen LogP contribution in [0.4, 0.5) is 0 Å². The molecule has 0 spiro atoms. The first-order chi connectivity index (χ1) is 7.93. The first-order valence-corrected chi connectivity index (χ1v) is 4.66. The molecule has 0 aromatic heterocycles. The molecule has 0 fully saturated rings. The normalized spacial score (nSPS) is 12.3. The number of hydrogen-bond donors (Lipinski definition) is 6. The van der Waals surface area contributed by atoms with E-state index in [-0.39, 0.29) is 34.7 Å². The molecular weight excluding hydrogens is 306 g/mol. The van der Waals surface area contributed by atoms with Crippen LogP contribution in [0.15, 0.2) is 0 Å². The van der Waals surface area contributed by atoms with Gasteiger partial charge in [-0.1, -0.05) is 0 Å². The zero-order valence-corrected chi connectivity index (χ0v) is 13.6. The van der Waals surface area contributed by atoms with E-state index in [0.29, 0.717) is 0 Å². The summed E-state index contributed by atoms with van der Waals surface area (Å²) in [6.07, 6.45) is -3.69. The average Bonchev–Trinajstić information content (AvgIpc) is 2.18. The maximum atomic E-state index is 9.45. The van der Waals surface area contributed by atoms with Crippen molar-refractivity contribution in [3.8, 4) is 0 Å². The third kappa shape index (κ3) is 36.0. The molecule has 0 saturated carbocycles. The summed E-state index contributed by atoms with van der Waals surface area (Å²) >= 11 is 0. The van der Waals surface area contributed by atoms with Gasteiger partial charge in [-0.15, -0.1) is 0 Å². The number of carboxylic acid groups (broad SMARTS) is 3. The van der Waals surface area contributed by atoms with Crippen molar-refractivity contribution in [2.24, 2.45) is 0 Å². The molecule has 3 atom stereocenters. The van der Waals surface area contributed by atoms with Crippen LogP contribution < -0.4 is 0 Å². The molecule has 0 heterocycles. The summed E-state index contributed by atoms with van der Waals surface area (Å²) < 4.78 is 0. The summed E-state index contributed by atoms with van der Waals surface area (Å²) in [6.45, 7) is 3.59. The summed E-state index contributed by atoms with van der Waals surface area (Å²) in [5, 5.41) is 47.3. The van der Waals surface area contributed by atoms with Gasteiger partial charge in [-0.2, -0.15) is 0 Å². The van der Waals surface area contributed by atoms with Gasteiger partial charge in [0.25, 0.3) is 0 Å². The maximum absolute atomic E-state index is 9.45. The minimum Gasteiger partial charge on any atom is -0.479 e. The molecule has 9 nitrogen and oxygen atoms in total. The Kier molecular flexibility index (Phi) is 29.0. The Balaban J connectivity index is -0.0000000536. The first-order valence-electron chi connectivity index (χ1n) is 4.66. The van der Waals surface area contributed by atoms with Crippen LogP contribution in [-0.4, -0.2) is 102 Å². The number of rotatable bonds is 3. The van der Waals surface area contributed by atoms with Crippen molar-refractivity contribution in [3.05, 3.63) is 0 Å². The second kappa shape index (κ2) is 18.4. The van der Waals surface area contributed by atoms with Gasteiger partial charge in [0.1, 0.15) is 18.3 Å². The standard InChI is InChI=1S/3C3H6O3.2Al/c3*1-2(4)3(5)6;;/h3*2,4H,1H3,(H,5,6);;/q;;;2*+3. The molecule has 0 radical (unpaired) electrons. The first kappa shape index (κ1) is 31.6. The number of aliphatic hydroxyl groups excluding tert-OH is 3. The number of carboxylic acids is 3. The third-order valence-electron chi connectivity index (χ3n) is 1.07. The van der Waals surface area contributed by atoms with Gasteiger partial charge < -0.3 is 30.6 Å². The van der Waals surface area contributed by atoms with Crippen molar-refractivity contribution in [1.29, 1.82) is 0 Å². The van der Waals surface area contributed by atoms with E-state index in [1.54, 1.807) is 0 Å². The molecule has 0 aliphatic carbocycles. The van der Waals surface area contributed by atoms with Crippen LogP contribution in [0.5, 0.6) is 0 Å². The fraction of sp³-hybridized carbons (Fsp3) is 0.667. The van der Waals surface area contributed by atoms with Crippen molar-refractivity contribution < 1.29 is 45.0 Å². The quantitative estimate of drug-likeness (QED) is 0.309. The molecule has 6 N–H and O–H groups in total. The number of aliphatic hydroxyl groups is 3. The summed E-state index contributed by atoms with van der Waals surface area (Å²) in [4.78, 5) is 28.3. The number of hydrogen-bond acceptors (Lipinski definition) is 6. The van der Waals surface area contributed by atoms with Gasteiger partial charge in [0.2, 0.25) is 0 Å². The Morgan fingerprint density at radius 2 is 0.650 bits per heavy atom. The van der Waals surface area contributed by atoms with Crippen molar-refractivity contribution >= 4 is 52.6 Å². The summed E-state index contributed by atoms with van der Waals surface area (Å²) in [7, 11) is 0. The molecule has 0 aromatic carbocycles. The topological polar surface area (TPSA) is 173 Å². The molecule has 0 rings (SSSR count). The van der Waals surface area contributed by atoms with Crippen LogP contribution in [0, 0.1) is 0 Å². The van der Waals surface area contributed by atoms with Crippen molar-refractivity contribution in [1.82, 2.24) is 0 Å². The minimum absolute atomic E-state index is 0. The fourth-order valence-electron chi connectivity index (χ4n) is 0. The predicted molar refractivity (Wildman–Crippen MR) is 69.5 cm³/mol. The molecule has 0 aromatic rings. The van der Waals surface area contributed by atoms with Crippen molar-refractivity contribution in [2.45, 2.75) is 39.1 Å². The molecule has 0 aliphatic heterocycles. The van der Waals surface area contributed by atoms with Crippen LogP contribution >= 0.6 is 0 Å². The Bertz CT molecular complexity index is 223. The van der Waals surface area contributed by atoms with Gasteiger partial charge in [-0.25, -0.2) is 14.4 Å². The maximum Gasteiger partial charge on any atom is 3.00 e. The Labute approximate surface area is 137 Å². The zero-order valence-electron chi connectivity index (χ0n) is 11.3. The summed E-state index contributed by atoms with van der Waals surface area (Å²) in [5.41, 5.74) is 0. The van der Waals surface area contributed by atoms with Crippen molar-refractivity contribution in [2.75, 3.05) is 0 Å². The van der Waals surface area contributed by atoms with E-state index in [9.17, 15) is 14.4 Å². The largest absolute Gasteiger partial charge is 3.00 e. The second-order valence-electron chi connectivity index (χ2n) is 3.04. The van der Waals surface area contributed by atoms with Crippen LogP contribution in [-0.2, 0) is 14.4 Å². The SMILES string of the molecule is CC(O)C(=O)O.CC(O)C(=O)O.CC(O)C(=O)O.[Al+3].[Al+3]. The fourth-order valence-corrected chi connectivity index (χ4v) is 0. The van der Waals surface area contributed by atoms with E-state index in [1.165, 1.54) is 20.8 Å². The number of carbonyl (C=O) groups is 3. The summed E-state index contributed by atoms with van der Waals surface area (Å²) in [5.74, 6) is -3.56. The Morgan fingerprint density at radius 3 is 0.650 bits per heavy atom. The molecular formula is C9H18Al2O9+6. The zero-order chi connectivity index (χ0) is 15.5. The molecule has 0 saturated heterocycles. The van der Waals surface area contributed by atoms with Crippen LogP contribution in [0.2, 0.25) is 0 Å². The van der Waals surface area contributed by atoms with Gasteiger partial charge in [-0.3, -0.25) is 0 Å². The van der Waals surface area contributed by atoms with Gasteiger partial charge in [0, 0.05) is 0 Å². The molecule has 20 heavy (non-hydrogen) atoms. The summed E-state index contributed by atoms with van der Waals surface area (Å²) in [6, 6.07) is 0. The van der Waals surface area contributed by atoms with Crippen LogP contribution in [0.3, 0.4) is 0 Å². The van der Waals surface area contributed by atoms with E-state index in [2.05, 4.69) is 0 Å². The van der Waals surface area contributed by atoms with Crippen LogP contribution in [0.25, 0.3) is 0 Å². The van der Waals surface area contributed by atoms with E-state index in [4.69, 9.17) is 30.6 Å². The minimum atomic E-state index is -1.23. The van der Waals surface area contributed by atoms with Gasteiger partial charge in [0.15, 0.2) is 0 Å². The molecule has 11 heteroatoms. The molecule has 0 bridgehead atoms. The van der Waals surface area contributed by atoms with Gasteiger partial charge >= 0.3 is 52.6 Å². The van der Waals surface area contributed by atoms with E-state index in [1.807, 2.05) is 0 Å². The number of aliphatic carboxylic acids is 3. The Morgan fingerprint density at radius 1 is 0.600 bits per heavy atom. The van der Waals surface area contributed by atoms with E-state index in [0.717, 1.165) is 0 Å². The molecule has 108 valence electrons. The van der Waals surface area contributed by atoms with Gasteiger partial charge in [-0.05, 0) is 20.8 Å². The third-order valence-corrected chi connectivity index (χ3v) is 1.07. The van der Waals surface area contributed by atoms with Crippen LogP contribution in [0.1, 0.15) is 20.8 Å². The Hall–Kier alpha value is -0.645. The van der Waals surface area contributed by atoms with Crippen molar-refractivity contribution in [3.63, 3.8) is 0 Å². The predicted octanol–water partition coefficient (Wildman–Crippen LogP) is -2.41. The van der Waals surface area contributed by atoms with E-state index < -0.39 is 36.2 Å². The van der Waals surface area contributed by atoms with Gasteiger partial charge in [0.05, 0.1) is 0 Å². The molecule has 3 unspecified atom stereocenters. The smallest absolute Gasteiger partial charge is 0.479 e.